The number of alkyl carbamates (subject to hydrolysis) is 1. The summed E-state index contributed by atoms with van der Waals surface area (Å²) in [6, 6.07) is 2.91. The van der Waals surface area contributed by atoms with Gasteiger partial charge in [-0.15, -0.1) is 5.10 Å². The van der Waals surface area contributed by atoms with E-state index in [4.69, 9.17) is 9.47 Å². The van der Waals surface area contributed by atoms with Crippen LogP contribution in [-0.4, -0.2) is 67.9 Å². The normalized spacial score (nSPS) is 29.3. The third-order valence-corrected chi connectivity index (χ3v) is 6.86. The van der Waals surface area contributed by atoms with Gasteiger partial charge in [-0.2, -0.15) is 5.10 Å². The first kappa shape index (κ1) is 22.6. The van der Waals surface area contributed by atoms with Crippen molar-refractivity contribution in [3.05, 3.63) is 23.5 Å². The molecule has 4 aliphatic rings. The number of nitrogens with zero attached hydrogens (tertiary/aromatic N) is 3. The molecule has 34 heavy (non-hydrogen) atoms. The van der Waals surface area contributed by atoms with E-state index in [1.165, 1.54) is 17.8 Å². The Bertz CT molecular complexity index is 1070. The molecule has 4 fully saturated rings. The molecule has 0 spiro atoms. The fraction of sp³-hybridized carbons (Fsp3) is 0.619. The fourth-order valence-corrected chi connectivity index (χ4v) is 5.04. The number of ether oxygens (including phenoxy) is 2. The molecule has 2 aromatic heterocycles. The van der Waals surface area contributed by atoms with Crippen LogP contribution in [0.4, 0.5) is 19.4 Å². The van der Waals surface area contributed by atoms with Crippen LogP contribution < -0.4 is 15.4 Å². The number of carbonyl (C=O) groups excluding carboxylic acids is 2. The number of aromatic nitrogens is 4. The van der Waals surface area contributed by atoms with Crippen LogP contribution in [0.3, 0.4) is 0 Å². The van der Waals surface area contributed by atoms with Crippen molar-refractivity contribution in [2.24, 2.45) is 13.0 Å². The van der Waals surface area contributed by atoms with Gasteiger partial charge in [-0.3, -0.25) is 14.6 Å². The first-order chi connectivity index (χ1) is 16.2. The Morgan fingerprint density at radius 1 is 1.32 bits per heavy atom. The van der Waals surface area contributed by atoms with Gasteiger partial charge < -0.3 is 25.2 Å². The maximum atomic E-state index is 12.6. The zero-order valence-corrected chi connectivity index (χ0v) is 18.5. The first-order valence-electron chi connectivity index (χ1n) is 11.2. The van der Waals surface area contributed by atoms with Gasteiger partial charge in [-0.25, -0.2) is 13.6 Å². The van der Waals surface area contributed by atoms with E-state index in [1.807, 2.05) is 0 Å². The Hall–Kier alpha value is -3.22. The van der Waals surface area contributed by atoms with E-state index >= 15 is 0 Å². The minimum atomic E-state index is -2.65. The summed E-state index contributed by atoms with van der Waals surface area (Å²) in [6.07, 6.45) is -0.751. The van der Waals surface area contributed by atoms with Crippen LogP contribution in [0.25, 0.3) is 0 Å². The van der Waals surface area contributed by atoms with Crippen LogP contribution in [0.1, 0.15) is 54.2 Å². The number of carbonyl (C=O) groups is 2. The van der Waals surface area contributed by atoms with Gasteiger partial charge in [0.15, 0.2) is 12.4 Å². The van der Waals surface area contributed by atoms with Crippen LogP contribution >= 0.6 is 0 Å². The lowest BCUT2D eigenvalue weighted by Gasteiger charge is -2.61. The van der Waals surface area contributed by atoms with Crippen molar-refractivity contribution in [3.8, 4) is 5.88 Å². The minimum Gasteiger partial charge on any atom is -0.471 e. The third-order valence-electron chi connectivity index (χ3n) is 6.86. The molecule has 0 saturated heterocycles. The number of amides is 2. The van der Waals surface area contributed by atoms with Gasteiger partial charge in [0.2, 0.25) is 5.88 Å². The summed E-state index contributed by atoms with van der Waals surface area (Å²) in [7, 11) is 1.49. The van der Waals surface area contributed by atoms with Crippen molar-refractivity contribution in [2.45, 2.75) is 62.2 Å². The van der Waals surface area contributed by atoms with Gasteiger partial charge in [0.25, 0.3) is 12.3 Å². The molecule has 4 N–H and O–H groups in total. The van der Waals surface area contributed by atoms with E-state index in [9.17, 15) is 23.5 Å². The van der Waals surface area contributed by atoms with Crippen LogP contribution in [0.2, 0.25) is 0 Å². The van der Waals surface area contributed by atoms with Crippen LogP contribution in [0.15, 0.2) is 12.1 Å². The molecule has 3 atom stereocenters. The van der Waals surface area contributed by atoms with Crippen LogP contribution in [0.5, 0.6) is 5.88 Å². The second-order valence-corrected chi connectivity index (χ2v) is 9.42. The van der Waals surface area contributed by atoms with E-state index in [2.05, 4.69) is 25.9 Å². The summed E-state index contributed by atoms with van der Waals surface area (Å²) in [4.78, 5) is 24.8. The molecule has 4 aliphatic carbocycles. The van der Waals surface area contributed by atoms with Crippen molar-refractivity contribution in [3.63, 3.8) is 0 Å². The van der Waals surface area contributed by atoms with Crippen LogP contribution in [-0.2, 0) is 11.8 Å². The molecule has 0 aromatic carbocycles. The molecule has 2 heterocycles. The molecular formula is C21H26F2N6O5. The number of nitrogens with one attached hydrogen (secondary N) is 3. The van der Waals surface area contributed by atoms with E-state index in [-0.39, 0.29) is 28.8 Å². The van der Waals surface area contributed by atoms with Crippen molar-refractivity contribution in [1.82, 2.24) is 25.3 Å². The number of rotatable bonds is 8. The molecule has 2 bridgehead atoms. The van der Waals surface area contributed by atoms with E-state index in [1.54, 1.807) is 6.07 Å². The number of anilines is 1. The van der Waals surface area contributed by atoms with Gasteiger partial charge in [0.1, 0.15) is 11.8 Å². The van der Waals surface area contributed by atoms with E-state index in [0.717, 1.165) is 25.2 Å². The summed E-state index contributed by atoms with van der Waals surface area (Å²) in [6.45, 7) is -0.818. The Kier molecular flexibility index (Phi) is 5.66. The summed E-state index contributed by atoms with van der Waals surface area (Å²) in [5, 5.41) is 26.8. The summed E-state index contributed by atoms with van der Waals surface area (Å²) >= 11 is 0. The molecule has 0 unspecified atom stereocenters. The van der Waals surface area contributed by atoms with Gasteiger partial charge in [0.05, 0.1) is 6.10 Å². The Labute approximate surface area is 193 Å². The molecule has 2 aromatic rings. The average molecular weight is 480 g/mol. The lowest BCUT2D eigenvalue weighted by atomic mass is 9.50. The number of aromatic amines is 1. The maximum Gasteiger partial charge on any atom is 0.407 e. The number of halogens is 2. The second kappa shape index (κ2) is 8.53. The minimum absolute atomic E-state index is 0.0836. The number of aryl methyl sites for hydroxylation is 1. The number of hydrogen-bond acceptors (Lipinski definition) is 7. The molecule has 6 rings (SSSR count). The Morgan fingerprint density at radius 2 is 2.09 bits per heavy atom. The van der Waals surface area contributed by atoms with Gasteiger partial charge in [0, 0.05) is 36.3 Å². The van der Waals surface area contributed by atoms with Crippen molar-refractivity contribution < 1.29 is 33.0 Å². The highest BCUT2D eigenvalue weighted by molar-refractivity contribution is 6.02. The molecule has 0 radical (unpaired) electrons. The Balaban J connectivity index is 1.15. The van der Waals surface area contributed by atoms with E-state index in [0.29, 0.717) is 18.5 Å². The average Bonchev–Trinajstić information content (AvgIpc) is 3.41. The highest BCUT2D eigenvalue weighted by atomic mass is 19.3. The molecule has 11 nitrogen and oxygen atoms in total. The molecule has 184 valence electrons. The van der Waals surface area contributed by atoms with Crippen molar-refractivity contribution >= 4 is 17.8 Å². The monoisotopic (exact) mass is 480 g/mol. The first-order valence-corrected chi connectivity index (χ1v) is 11.2. The highest BCUT2D eigenvalue weighted by Gasteiger charge is 2.58. The molecule has 4 saturated carbocycles. The topological polar surface area (TPSA) is 143 Å². The Morgan fingerprint density at radius 3 is 2.76 bits per heavy atom. The standard InChI is InChI=1S/C21H26F2N6O5/c1-29-13(5-18(28-29)33-9-16(22)23)19(31)24-17-4-12(26-27-17)11-2-14(30)15(3-11)34-20(32)25-21-6-10(7-21)8-21/h4-5,10-11,14-16,30H,2-3,6-9H2,1H3,(H,25,32)(H2,24,26,27,31)/t10?,11-,14+,15-,21?/m1/s1. The van der Waals surface area contributed by atoms with E-state index < -0.39 is 37.2 Å². The lowest BCUT2D eigenvalue weighted by molar-refractivity contribution is -0.0559. The number of aliphatic hydroxyl groups excluding tert-OH is 1. The van der Waals surface area contributed by atoms with Gasteiger partial charge in [-0.1, -0.05) is 0 Å². The lowest BCUT2D eigenvalue weighted by Crippen LogP contribution is -2.68. The SMILES string of the molecule is Cn1nc(OCC(F)F)cc1C(=O)Nc1cc([C@@H]2C[C@H](O)[C@H](OC(=O)NC34CC(C3)C4)C2)[nH]n1. The molecule has 2 amide bonds. The highest BCUT2D eigenvalue weighted by Crippen LogP contribution is 2.57. The predicted molar refractivity (Wildman–Crippen MR) is 113 cm³/mol. The number of H-pyrrole nitrogens is 1. The number of hydrogen-bond donors (Lipinski definition) is 4. The zero-order chi connectivity index (χ0) is 24.0. The smallest absolute Gasteiger partial charge is 0.407 e. The fourth-order valence-electron chi connectivity index (χ4n) is 5.04. The predicted octanol–water partition coefficient (Wildman–Crippen LogP) is 1.92. The second-order valence-electron chi connectivity index (χ2n) is 9.42. The molecule has 13 heteroatoms. The number of aliphatic hydroxyl groups is 1. The van der Waals surface area contributed by atoms with Gasteiger partial charge >= 0.3 is 6.09 Å². The summed E-state index contributed by atoms with van der Waals surface area (Å²) in [5.74, 6) is 0.219. The maximum absolute atomic E-state index is 12.6. The number of alkyl halides is 2. The molecular weight excluding hydrogens is 454 g/mol. The zero-order valence-electron chi connectivity index (χ0n) is 18.5. The van der Waals surface area contributed by atoms with Crippen molar-refractivity contribution in [1.29, 1.82) is 0 Å². The van der Waals surface area contributed by atoms with Crippen molar-refractivity contribution in [2.75, 3.05) is 11.9 Å². The summed E-state index contributed by atoms with van der Waals surface area (Å²) in [5.41, 5.74) is 0.699. The third kappa shape index (κ3) is 4.43. The van der Waals surface area contributed by atoms with Gasteiger partial charge in [-0.05, 0) is 38.0 Å². The quantitative estimate of drug-likeness (QED) is 0.452. The summed E-state index contributed by atoms with van der Waals surface area (Å²) < 4.78 is 36.1. The molecule has 0 aliphatic heterocycles. The van der Waals surface area contributed by atoms with Crippen LogP contribution in [0, 0.1) is 5.92 Å². The largest absolute Gasteiger partial charge is 0.471 e.